The largest absolute Gasteiger partial charge is 0.480 e. The maximum atomic E-state index is 14.2. The van der Waals surface area contributed by atoms with Crippen LogP contribution in [0, 0.1) is 0 Å². The number of nitrogens with zero attached hydrogens (tertiary/aromatic N) is 5. The Hall–Kier alpha value is -4.17. The average Bonchev–Trinajstić information content (AvgIpc) is 3.35. The molecular formula is C19H17F4N7O4. The van der Waals surface area contributed by atoms with Gasteiger partial charge in [0.25, 0.3) is 5.91 Å². The summed E-state index contributed by atoms with van der Waals surface area (Å²) in [4.78, 5) is 32.3. The highest BCUT2D eigenvalue weighted by molar-refractivity contribution is 5.98. The molecule has 11 nitrogen and oxygen atoms in total. The van der Waals surface area contributed by atoms with Crippen molar-refractivity contribution >= 4 is 23.3 Å². The van der Waals surface area contributed by atoms with E-state index in [0.717, 1.165) is 21.8 Å². The van der Waals surface area contributed by atoms with Gasteiger partial charge >= 0.3 is 12.3 Å². The van der Waals surface area contributed by atoms with Crippen LogP contribution in [0.5, 0.6) is 5.88 Å². The van der Waals surface area contributed by atoms with Gasteiger partial charge in [-0.15, -0.1) is 0 Å². The number of fused-ring (bicyclic) bond motifs is 1. The summed E-state index contributed by atoms with van der Waals surface area (Å²) >= 11 is 0. The van der Waals surface area contributed by atoms with E-state index in [1.54, 1.807) is 0 Å². The van der Waals surface area contributed by atoms with Crippen molar-refractivity contribution in [3.05, 3.63) is 35.8 Å². The van der Waals surface area contributed by atoms with E-state index in [1.807, 2.05) is 0 Å². The number of alkyl halides is 4. The summed E-state index contributed by atoms with van der Waals surface area (Å²) < 4.78 is 61.0. The summed E-state index contributed by atoms with van der Waals surface area (Å²) in [6, 6.07) is 0.874. The van der Waals surface area contributed by atoms with Crippen LogP contribution >= 0.6 is 0 Å². The molecule has 3 aromatic rings. The van der Waals surface area contributed by atoms with E-state index in [4.69, 9.17) is 15.6 Å². The first kappa shape index (κ1) is 23.0. The predicted octanol–water partition coefficient (Wildman–Crippen LogP) is 1.83. The zero-order valence-electron chi connectivity index (χ0n) is 17.4. The molecule has 0 saturated carbocycles. The minimum Gasteiger partial charge on any atom is -0.480 e. The molecule has 1 saturated heterocycles. The molecule has 4 N–H and O–H groups in total. The fraction of sp³-hybridized carbons (Fsp3) is 0.316. The number of rotatable bonds is 4. The molecule has 0 bridgehead atoms. The van der Waals surface area contributed by atoms with Gasteiger partial charge in [-0.25, -0.2) is 23.7 Å². The highest BCUT2D eigenvalue weighted by Crippen LogP contribution is 2.39. The lowest BCUT2D eigenvalue weighted by molar-refractivity contribution is -0.136. The molecule has 2 atom stereocenters. The fourth-order valence-corrected chi connectivity index (χ4v) is 3.71. The van der Waals surface area contributed by atoms with E-state index in [2.05, 4.69) is 20.4 Å². The number of hydrogen-bond donors (Lipinski definition) is 3. The van der Waals surface area contributed by atoms with Crippen LogP contribution < -0.4 is 15.8 Å². The Bertz CT molecular complexity index is 1280. The number of methoxy groups -OCH3 is 1. The Morgan fingerprint density at radius 3 is 2.62 bits per heavy atom. The van der Waals surface area contributed by atoms with E-state index < -0.39 is 53.8 Å². The number of pyridine rings is 1. The van der Waals surface area contributed by atoms with Crippen LogP contribution in [0.25, 0.3) is 16.8 Å². The van der Waals surface area contributed by atoms with Crippen molar-refractivity contribution in [1.82, 2.24) is 29.8 Å². The van der Waals surface area contributed by atoms with Crippen molar-refractivity contribution in [3.8, 4) is 17.1 Å². The Morgan fingerprint density at radius 1 is 1.26 bits per heavy atom. The molecule has 15 heteroatoms. The van der Waals surface area contributed by atoms with E-state index in [0.29, 0.717) is 0 Å². The minimum atomic E-state index is -4.77. The minimum absolute atomic E-state index is 0.0601. The van der Waals surface area contributed by atoms with Crippen molar-refractivity contribution < 1.29 is 37.0 Å². The molecule has 4 rings (SSSR count). The summed E-state index contributed by atoms with van der Waals surface area (Å²) in [5.74, 6) is -1.42. The Kier molecular flexibility index (Phi) is 5.62. The first-order valence-electron chi connectivity index (χ1n) is 9.68. The highest BCUT2D eigenvalue weighted by atomic mass is 19.4. The number of nitrogen functional groups attached to an aromatic ring is 1. The first-order valence-corrected chi connectivity index (χ1v) is 9.68. The number of likely N-dealkylation sites (tertiary alicyclic amines) is 1. The third kappa shape index (κ3) is 3.99. The van der Waals surface area contributed by atoms with Gasteiger partial charge in [-0.05, 0) is 12.1 Å². The molecule has 0 aromatic carbocycles. The second kappa shape index (κ2) is 8.31. The van der Waals surface area contributed by atoms with Crippen LogP contribution in [0.3, 0.4) is 0 Å². The second-order valence-electron chi connectivity index (χ2n) is 7.41. The van der Waals surface area contributed by atoms with E-state index >= 15 is 0 Å². The molecule has 2 amide bonds. The Balaban J connectivity index is 1.74. The van der Waals surface area contributed by atoms with Crippen molar-refractivity contribution in [2.24, 2.45) is 0 Å². The number of halogens is 4. The molecule has 1 fully saturated rings. The molecule has 2 unspecified atom stereocenters. The van der Waals surface area contributed by atoms with E-state index in [9.17, 15) is 27.2 Å². The van der Waals surface area contributed by atoms with Crippen LogP contribution in [0.2, 0.25) is 0 Å². The smallest absolute Gasteiger partial charge is 0.418 e. The lowest BCUT2D eigenvalue weighted by atomic mass is 10.1. The fourth-order valence-electron chi connectivity index (χ4n) is 3.71. The average molecular weight is 483 g/mol. The van der Waals surface area contributed by atoms with Gasteiger partial charge in [0.05, 0.1) is 31.0 Å². The molecular weight excluding hydrogens is 466 g/mol. The van der Waals surface area contributed by atoms with Gasteiger partial charge in [-0.2, -0.15) is 18.3 Å². The van der Waals surface area contributed by atoms with Crippen molar-refractivity contribution in [3.63, 3.8) is 0 Å². The second-order valence-corrected chi connectivity index (χ2v) is 7.41. The molecule has 0 aliphatic carbocycles. The van der Waals surface area contributed by atoms with Crippen LogP contribution in [-0.4, -0.2) is 74.0 Å². The van der Waals surface area contributed by atoms with Gasteiger partial charge in [0.1, 0.15) is 23.6 Å². The van der Waals surface area contributed by atoms with Gasteiger partial charge in [0.15, 0.2) is 5.82 Å². The number of ether oxygens (including phenoxy) is 1. The molecule has 180 valence electrons. The van der Waals surface area contributed by atoms with Gasteiger partial charge in [-0.3, -0.25) is 4.79 Å². The first-order chi connectivity index (χ1) is 16.0. The maximum Gasteiger partial charge on any atom is 0.418 e. The van der Waals surface area contributed by atoms with E-state index in [1.165, 1.54) is 19.4 Å². The number of carboxylic acid groups (broad SMARTS) is 1. The van der Waals surface area contributed by atoms with Crippen LogP contribution in [0.15, 0.2) is 24.7 Å². The van der Waals surface area contributed by atoms with Crippen molar-refractivity contribution in [1.29, 1.82) is 0 Å². The van der Waals surface area contributed by atoms with Crippen LogP contribution in [0.1, 0.15) is 15.9 Å². The summed E-state index contributed by atoms with van der Waals surface area (Å²) in [6.07, 6.45) is -5.59. The topological polar surface area (TPSA) is 148 Å². The summed E-state index contributed by atoms with van der Waals surface area (Å²) in [7, 11) is 1.22. The molecule has 1 aliphatic heterocycles. The number of nitrogens with two attached hydrogens (primary N) is 1. The van der Waals surface area contributed by atoms with Gasteiger partial charge in [0, 0.05) is 18.3 Å². The third-order valence-electron chi connectivity index (χ3n) is 5.31. The summed E-state index contributed by atoms with van der Waals surface area (Å²) in [5.41, 5.74) is 3.88. The Labute approximate surface area is 188 Å². The molecule has 3 aromatic heterocycles. The van der Waals surface area contributed by atoms with Gasteiger partial charge in [-0.1, -0.05) is 0 Å². The standard InChI is InChI=1S/C19H17F4N7O4/c1-34-17-9(16(31)28-12-6-29(18(32)33)5-11(12)20)2-8(4-25-17)13-3-10(19(21,22)23)14-15(24)26-7-27-30(13)14/h2-4,7,11-12H,5-6H2,1H3,(H,28,31)(H,32,33)(H2,24,26,27). The lowest BCUT2D eigenvalue weighted by Crippen LogP contribution is -2.41. The number of nitrogens with one attached hydrogen (secondary N) is 1. The van der Waals surface area contributed by atoms with Crippen molar-refractivity contribution in [2.75, 3.05) is 25.9 Å². The van der Waals surface area contributed by atoms with Gasteiger partial charge in [0.2, 0.25) is 5.88 Å². The SMILES string of the molecule is COc1ncc(-c2cc(C(F)(F)F)c3c(N)ncnn23)cc1C(=O)NC1CN(C(=O)O)CC1F. The molecule has 1 aliphatic rings. The normalized spacial score (nSPS) is 18.3. The van der Waals surface area contributed by atoms with Crippen LogP contribution in [-0.2, 0) is 6.18 Å². The third-order valence-corrected chi connectivity index (χ3v) is 5.31. The number of carbonyl (C=O) groups is 2. The Morgan fingerprint density at radius 2 is 2.00 bits per heavy atom. The number of aromatic nitrogens is 4. The number of carbonyl (C=O) groups excluding carboxylic acids is 1. The number of anilines is 1. The molecule has 4 heterocycles. The van der Waals surface area contributed by atoms with Gasteiger partial charge < -0.3 is 25.8 Å². The van der Waals surface area contributed by atoms with Crippen LogP contribution in [0.4, 0.5) is 28.2 Å². The van der Waals surface area contributed by atoms with E-state index in [-0.39, 0.29) is 29.2 Å². The molecule has 0 radical (unpaired) electrons. The van der Waals surface area contributed by atoms with Crippen molar-refractivity contribution in [2.45, 2.75) is 18.4 Å². The molecule has 34 heavy (non-hydrogen) atoms. The number of amides is 2. The quantitative estimate of drug-likeness (QED) is 0.476. The lowest BCUT2D eigenvalue weighted by Gasteiger charge is -2.16. The zero-order valence-corrected chi connectivity index (χ0v) is 17.4. The predicted molar refractivity (Wildman–Crippen MR) is 108 cm³/mol. The summed E-state index contributed by atoms with van der Waals surface area (Å²) in [5, 5.41) is 15.3. The summed E-state index contributed by atoms with van der Waals surface area (Å²) in [6.45, 7) is -0.681. The monoisotopic (exact) mass is 483 g/mol. The zero-order chi connectivity index (χ0) is 24.8. The number of hydrogen-bond acceptors (Lipinski definition) is 7. The maximum absolute atomic E-state index is 14.2. The highest BCUT2D eigenvalue weighted by Gasteiger charge is 2.38. The molecule has 0 spiro atoms.